The van der Waals surface area contributed by atoms with E-state index in [0.29, 0.717) is 4.47 Å². The molecule has 0 spiro atoms. The highest BCUT2D eigenvalue weighted by atomic mass is 79.9. The molecule has 0 atom stereocenters. The average molecular weight is 288 g/mol. The zero-order valence-corrected chi connectivity index (χ0v) is 9.91. The van der Waals surface area contributed by atoms with Crippen molar-refractivity contribution in [2.24, 2.45) is 0 Å². The van der Waals surface area contributed by atoms with Crippen molar-refractivity contribution in [3.8, 4) is 0 Å². The highest BCUT2D eigenvalue weighted by Gasteiger charge is 2.09. The Labute approximate surface area is 91.4 Å². The van der Waals surface area contributed by atoms with E-state index in [9.17, 15) is 8.42 Å². The summed E-state index contributed by atoms with van der Waals surface area (Å²) in [6.07, 6.45) is 0. The number of aryl methyl sites for hydroxylation is 1. The SMILES string of the molecule is Cc1ccc(S(=O)(=O)O)cc1Br.Cl. The van der Waals surface area contributed by atoms with Gasteiger partial charge >= 0.3 is 0 Å². The van der Waals surface area contributed by atoms with Gasteiger partial charge < -0.3 is 0 Å². The highest BCUT2D eigenvalue weighted by molar-refractivity contribution is 9.10. The second-order valence-electron chi connectivity index (χ2n) is 2.39. The third kappa shape index (κ3) is 3.27. The Balaban J connectivity index is 0.00000144. The summed E-state index contributed by atoms with van der Waals surface area (Å²) in [5.74, 6) is 0. The monoisotopic (exact) mass is 286 g/mol. The molecule has 0 bridgehead atoms. The molecule has 3 nitrogen and oxygen atoms in total. The van der Waals surface area contributed by atoms with Crippen molar-refractivity contribution in [3.05, 3.63) is 28.2 Å². The number of hydrogen-bond acceptors (Lipinski definition) is 2. The Kier molecular flexibility index (Phi) is 4.38. The van der Waals surface area contributed by atoms with Crippen LogP contribution in [-0.4, -0.2) is 13.0 Å². The minimum Gasteiger partial charge on any atom is -0.282 e. The van der Waals surface area contributed by atoms with Crippen molar-refractivity contribution in [2.45, 2.75) is 11.8 Å². The molecule has 0 saturated heterocycles. The molecule has 0 aliphatic rings. The van der Waals surface area contributed by atoms with Gasteiger partial charge in [-0.05, 0) is 24.6 Å². The van der Waals surface area contributed by atoms with Crippen LogP contribution >= 0.6 is 28.3 Å². The summed E-state index contributed by atoms with van der Waals surface area (Å²) in [7, 11) is -4.07. The molecule has 0 aromatic heterocycles. The van der Waals surface area contributed by atoms with Gasteiger partial charge in [-0.15, -0.1) is 12.4 Å². The molecule has 0 fully saturated rings. The van der Waals surface area contributed by atoms with E-state index >= 15 is 0 Å². The summed E-state index contributed by atoms with van der Waals surface area (Å²) in [6.45, 7) is 1.83. The van der Waals surface area contributed by atoms with Gasteiger partial charge in [0.2, 0.25) is 0 Å². The van der Waals surface area contributed by atoms with Crippen LogP contribution in [0.15, 0.2) is 27.6 Å². The molecule has 0 unspecified atom stereocenters. The first-order valence-electron chi connectivity index (χ1n) is 3.15. The summed E-state index contributed by atoms with van der Waals surface area (Å²) in [5, 5.41) is 0. The molecular weight excluding hydrogens is 279 g/mol. The maximum Gasteiger partial charge on any atom is 0.294 e. The molecule has 1 aromatic rings. The first-order valence-corrected chi connectivity index (χ1v) is 5.38. The minimum absolute atomic E-state index is 0. The topological polar surface area (TPSA) is 54.4 Å². The molecule has 0 saturated carbocycles. The van der Waals surface area contributed by atoms with Crippen LogP contribution in [-0.2, 0) is 10.1 Å². The highest BCUT2D eigenvalue weighted by Crippen LogP contribution is 2.19. The number of rotatable bonds is 1. The molecule has 0 amide bonds. The summed E-state index contributed by atoms with van der Waals surface area (Å²) in [5.41, 5.74) is 0.919. The van der Waals surface area contributed by atoms with Gasteiger partial charge in [0.1, 0.15) is 0 Å². The van der Waals surface area contributed by atoms with Gasteiger partial charge in [0.15, 0.2) is 0 Å². The van der Waals surface area contributed by atoms with E-state index in [0.717, 1.165) is 5.56 Å². The number of benzene rings is 1. The van der Waals surface area contributed by atoms with Crippen LogP contribution in [0.4, 0.5) is 0 Å². The van der Waals surface area contributed by atoms with Gasteiger partial charge in [-0.25, -0.2) is 0 Å². The maximum atomic E-state index is 10.6. The van der Waals surface area contributed by atoms with E-state index < -0.39 is 10.1 Å². The zero-order chi connectivity index (χ0) is 9.35. The van der Waals surface area contributed by atoms with E-state index in [2.05, 4.69) is 15.9 Å². The van der Waals surface area contributed by atoms with Crippen molar-refractivity contribution >= 4 is 38.5 Å². The van der Waals surface area contributed by atoms with Gasteiger partial charge in [-0.1, -0.05) is 22.0 Å². The summed E-state index contributed by atoms with van der Waals surface area (Å²) in [6, 6.07) is 4.34. The summed E-state index contributed by atoms with van der Waals surface area (Å²) in [4.78, 5) is -0.0972. The lowest BCUT2D eigenvalue weighted by molar-refractivity contribution is 0.483. The number of hydrogen-bond donors (Lipinski definition) is 1. The second kappa shape index (κ2) is 4.41. The molecule has 74 valence electrons. The van der Waals surface area contributed by atoms with E-state index in [1.54, 1.807) is 6.07 Å². The predicted octanol–water partition coefficient (Wildman–Crippen LogP) is 2.43. The first-order chi connectivity index (χ1) is 5.41. The van der Waals surface area contributed by atoms with Crippen LogP contribution in [0.25, 0.3) is 0 Å². The smallest absolute Gasteiger partial charge is 0.282 e. The van der Waals surface area contributed by atoms with Crippen molar-refractivity contribution in [3.63, 3.8) is 0 Å². The van der Waals surface area contributed by atoms with Crippen LogP contribution in [0.5, 0.6) is 0 Å². The van der Waals surface area contributed by atoms with Gasteiger partial charge in [-0.2, -0.15) is 8.42 Å². The molecule has 0 aliphatic heterocycles. The minimum atomic E-state index is -4.07. The zero-order valence-electron chi connectivity index (χ0n) is 6.69. The van der Waals surface area contributed by atoms with Gasteiger partial charge in [0.05, 0.1) is 4.90 Å². The molecule has 13 heavy (non-hydrogen) atoms. The Bertz CT molecular complexity index is 402. The fourth-order valence-corrected chi connectivity index (χ4v) is 1.77. The van der Waals surface area contributed by atoms with Crippen molar-refractivity contribution in [2.75, 3.05) is 0 Å². The first kappa shape index (κ1) is 12.9. The van der Waals surface area contributed by atoms with Crippen LogP contribution in [0.1, 0.15) is 5.56 Å². The normalized spacial score (nSPS) is 10.7. The van der Waals surface area contributed by atoms with E-state index in [4.69, 9.17) is 4.55 Å². The fourth-order valence-electron chi connectivity index (χ4n) is 0.734. The van der Waals surface area contributed by atoms with Crippen LogP contribution in [0, 0.1) is 6.92 Å². The van der Waals surface area contributed by atoms with E-state index in [1.165, 1.54) is 12.1 Å². The molecule has 1 N–H and O–H groups in total. The molecular formula is C7H8BrClO3S. The average Bonchev–Trinajstić information content (AvgIpc) is 1.92. The lowest BCUT2D eigenvalue weighted by Crippen LogP contribution is -1.97. The Morgan fingerprint density at radius 3 is 2.31 bits per heavy atom. The molecule has 1 rings (SSSR count). The Morgan fingerprint density at radius 1 is 1.38 bits per heavy atom. The van der Waals surface area contributed by atoms with Crippen LogP contribution < -0.4 is 0 Å². The van der Waals surface area contributed by atoms with Crippen LogP contribution in [0.2, 0.25) is 0 Å². The summed E-state index contributed by atoms with van der Waals surface area (Å²) < 4.78 is 30.6. The van der Waals surface area contributed by atoms with Crippen molar-refractivity contribution < 1.29 is 13.0 Å². The van der Waals surface area contributed by atoms with Crippen molar-refractivity contribution in [1.29, 1.82) is 0 Å². The summed E-state index contributed by atoms with van der Waals surface area (Å²) >= 11 is 3.16. The third-order valence-corrected chi connectivity index (χ3v) is 3.15. The lowest BCUT2D eigenvalue weighted by atomic mass is 10.2. The molecule has 6 heteroatoms. The lowest BCUT2D eigenvalue weighted by Gasteiger charge is -1.99. The van der Waals surface area contributed by atoms with E-state index in [-0.39, 0.29) is 17.3 Å². The largest absolute Gasteiger partial charge is 0.294 e. The molecule has 0 radical (unpaired) electrons. The fraction of sp³-hybridized carbons (Fsp3) is 0.143. The predicted molar refractivity (Wildman–Crippen MR) is 55.9 cm³/mol. The Hall–Kier alpha value is -0.100. The van der Waals surface area contributed by atoms with E-state index in [1.807, 2.05) is 6.92 Å². The van der Waals surface area contributed by atoms with Crippen molar-refractivity contribution in [1.82, 2.24) is 0 Å². The Morgan fingerprint density at radius 2 is 1.92 bits per heavy atom. The third-order valence-electron chi connectivity index (χ3n) is 1.44. The van der Waals surface area contributed by atoms with Gasteiger partial charge in [0.25, 0.3) is 10.1 Å². The maximum absolute atomic E-state index is 10.6. The van der Waals surface area contributed by atoms with Gasteiger partial charge in [-0.3, -0.25) is 4.55 Å². The molecule has 1 aromatic carbocycles. The van der Waals surface area contributed by atoms with Gasteiger partial charge in [0, 0.05) is 4.47 Å². The molecule has 0 heterocycles. The second-order valence-corrected chi connectivity index (χ2v) is 4.66. The number of halogens is 2. The quantitative estimate of drug-likeness (QED) is 0.807. The van der Waals surface area contributed by atoms with Crippen LogP contribution in [0.3, 0.4) is 0 Å². The standard InChI is InChI=1S/C7H7BrO3S.ClH/c1-5-2-3-6(4-7(5)8)12(9,10)11;/h2-4H,1H3,(H,9,10,11);1H. The molecule has 0 aliphatic carbocycles.